The fraction of sp³-hybridized carbons (Fsp3) is 0.632. The number of anilines is 1. The van der Waals surface area contributed by atoms with E-state index in [4.69, 9.17) is 4.42 Å². The molecule has 4 fully saturated rings. The molecule has 0 saturated heterocycles. The normalized spacial score (nSPS) is 33.3. The monoisotopic (exact) mass is 326 g/mol. The van der Waals surface area contributed by atoms with Crippen molar-refractivity contribution in [1.29, 1.82) is 5.26 Å². The van der Waals surface area contributed by atoms with Crippen LogP contribution in [-0.4, -0.2) is 11.7 Å². The molecule has 4 aliphatic rings. The Kier molecular flexibility index (Phi) is 3.35. The van der Waals surface area contributed by atoms with Crippen molar-refractivity contribution in [2.45, 2.75) is 52.4 Å². The third-order valence-electron chi connectivity index (χ3n) is 6.30. The van der Waals surface area contributed by atoms with E-state index in [1.54, 1.807) is 6.92 Å². The minimum Gasteiger partial charge on any atom is -0.443 e. The summed E-state index contributed by atoms with van der Waals surface area (Å²) >= 11 is 0. The predicted molar refractivity (Wildman–Crippen MR) is 87.4 cm³/mol. The van der Waals surface area contributed by atoms with Gasteiger partial charge >= 0.3 is 0 Å². The highest BCUT2D eigenvalue weighted by atomic mass is 16.4. The minimum atomic E-state index is -0.307. The van der Waals surface area contributed by atoms with Crippen molar-refractivity contribution in [3.8, 4) is 6.07 Å². The number of carbonyl (C=O) groups excluding carboxylic acids is 2. The second-order valence-corrected chi connectivity index (χ2v) is 8.06. The van der Waals surface area contributed by atoms with Crippen LogP contribution in [0.15, 0.2) is 4.42 Å². The van der Waals surface area contributed by atoms with Crippen molar-refractivity contribution in [3.63, 3.8) is 0 Å². The number of nitriles is 1. The Morgan fingerprint density at radius 2 is 1.71 bits per heavy atom. The van der Waals surface area contributed by atoms with E-state index in [1.165, 1.54) is 26.2 Å². The summed E-state index contributed by atoms with van der Waals surface area (Å²) in [6, 6.07) is 2.02. The lowest BCUT2D eigenvalue weighted by Crippen LogP contribution is -2.51. The lowest BCUT2D eigenvalue weighted by molar-refractivity contribution is -0.140. The Hall–Kier alpha value is -2.09. The second kappa shape index (κ2) is 5.20. The number of amides is 1. The number of nitrogens with zero attached hydrogens (tertiary/aromatic N) is 1. The van der Waals surface area contributed by atoms with Gasteiger partial charge in [-0.15, -0.1) is 0 Å². The molecule has 0 atom stereocenters. The van der Waals surface area contributed by atoms with Crippen molar-refractivity contribution in [1.82, 2.24) is 0 Å². The van der Waals surface area contributed by atoms with Gasteiger partial charge in [-0.2, -0.15) is 5.26 Å². The van der Waals surface area contributed by atoms with Gasteiger partial charge in [-0.1, -0.05) is 0 Å². The summed E-state index contributed by atoms with van der Waals surface area (Å²) in [7, 11) is 0. The van der Waals surface area contributed by atoms with Gasteiger partial charge in [0, 0.05) is 0 Å². The number of hydrogen-bond donors (Lipinski definition) is 1. The smallest absolute Gasteiger partial charge is 0.232 e. The average Bonchev–Trinajstić information content (AvgIpc) is 2.81. The first-order valence-corrected chi connectivity index (χ1v) is 8.77. The minimum absolute atomic E-state index is 0.0260. The van der Waals surface area contributed by atoms with Crippen LogP contribution in [0.4, 0.5) is 5.88 Å². The van der Waals surface area contributed by atoms with Gasteiger partial charge in [0.05, 0.1) is 11.0 Å². The molecule has 5 rings (SSSR count). The third kappa shape index (κ3) is 2.20. The summed E-state index contributed by atoms with van der Waals surface area (Å²) in [6.45, 7) is 3.06. The quantitative estimate of drug-likeness (QED) is 0.856. The van der Waals surface area contributed by atoms with Crippen molar-refractivity contribution in [3.05, 3.63) is 16.9 Å². The van der Waals surface area contributed by atoms with E-state index in [2.05, 4.69) is 5.32 Å². The predicted octanol–water partition coefficient (Wildman–Crippen LogP) is 3.82. The molecule has 5 heteroatoms. The van der Waals surface area contributed by atoms with Crippen LogP contribution in [0.2, 0.25) is 0 Å². The lowest BCUT2D eigenvalue weighted by atomic mass is 9.49. The Balaban J connectivity index is 1.63. The molecular formula is C19H22N2O3. The number of furan rings is 1. The molecule has 5 nitrogen and oxygen atoms in total. The van der Waals surface area contributed by atoms with Gasteiger partial charge in [0.15, 0.2) is 5.78 Å². The number of carbonyl (C=O) groups is 2. The molecule has 0 spiro atoms. The highest BCUT2D eigenvalue weighted by Crippen LogP contribution is 2.60. The van der Waals surface area contributed by atoms with Gasteiger partial charge in [0.1, 0.15) is 17.4 Å². The zero-order valence-corrected chi connectivity index (χ0v) is 14.1. The van der Waals surface area contributed by atoms with Crippen LogP contribution in [0.25, 0.3) is 0 Å². The Labute approximate surface area is 141 Å². The maximum Gasteiger partial charge on any atom is 0.232 e. The average molecular weight is 326 g/mol. The van der Waals surface area contributed by atoms with E-state index >= 15 is 0 Å². The van der Waals surface area contributed by atoms with E-state index in [9.17, 15) is 14.9 Å². The zero-order chi connectivity index (χ0) is 17.1. The molecule has 0 aromatic carbocycles. The summed E-state index contributed by atoms with van der Waals surface area (Å²) < 4.78 is 5.56. The molecule has 4 saturated carbocycles. The van der Waals surface area contributed by atoms with Crippen LogP contribution in [0.5, 0.6) is 0 Å². The standard InChI is InChI=1S/C19H22N2O3/c1-10(22)16-11(2)24-17(15(16)9-20)21-18(23)19-6-12-3-13(7-19)5-14(4-12)8-19/h12-14H,3-8H2,1-2H3,(H,21,23). The van der Waals surface area contributed by atoms with Gasteiger partial charge in [0.25, 0.3) is 0 Å². The molecule has 1 aromatic rings. The van der Waals surface area contributed by atoms with E-state index in [0.717, 1.165) is 19.3 Å². The molecule has 0 aliphatic heterocycles. The molecule has 1 heterocycles. The molecule has 4 bridgehead atoms. The number of ketones is 1. The maximum atomic E-state index is 13.1. The van der Waals surface area contributed by atoms with E-state index in [-0.39, 0.29) is 34.1 Å². The van der Waals surface area contributed by atoms with E-state index in [1.807, 2.05) is 6.07 Å². The number of rotatable bonds is 3. The fourth-order valence-electron chi connectivity index (χ4n) is 5.79. The van der Waals surface area contributed by atoms with Gasteiger partial charge < -0.3 is 4.42 Å². The van der Waals surface area contributed by atoms with Crippen LogP contribution in [0.1, 0.15) is 67.1 Å². The van der Waals surface area contributed by atoms with Gasteiger partial charge in [0.2, 0.25) is 11.8 Å². The SMILES string of the molecule is CC(=O)c1c(C)oc(NC(=O)C23CC4CC(CC(C4)C2)C3)c1C#N. The van der Waals surface area contributed by atoms with Gasteiger partial charge in [-0.05, 0) is 70.1 Å². The van der Waals surface area contributed by atoms with Crippen LogP contribution in [-0.2, 0) is 4.79 Å². The lowest BCUT2D eigenvalue weighted by Gasteiger charge is -2.55. The Bertz CT molecular complexity index is 733. The third-order valence-corrected chi connectivity index (χ3v) is 6.30. The molecule has 0 radical (unpaired) electrons. The molecule has 1 aromatic heterocycles. The maximum absolute atomic E-state index is 13.1. The first-order valence-electron chi connectivity index (χ1n) is 8.77. The largest absolute Gasteiger partial charge is 0.443 e. The molecular weight excluding hydrogens is 304 g/mol. The number of hydrogen-bond acceptors (Lipinski definition) is 4. The summed E-state index contributed by atoms with van der Waals surface area (Å²) in [5.41, 5.74) is 0.120. The van der Waals surface area contributed by atoms with Crippen LogP contribution < -0.4 is 5.32 Å². The topological polar surface area (TPSA) is 83.1 Å². The van der Waals surface area contributed by atoms with Crippen LogP contribution in [0, 0.1) is 41.4 Å². The first kappa shape index (κ1) is 15.4. The van der Waals surface area contributed by atoms with Crippen molar-refractivity contribution in [2.75, 3.05) is 5.32 Å². The molecule has 126 valence electrons. The number of aryl methyl sites for hydroxylation is 1. The second-order valence-electron chi connectivity index (χ2n) is 8.06. The van der Waals surface area contributed by atoms with Crippen molar-refractivity contribution >= 4 is 17.6 Å². The highest BCUT2D eigenvalue weighted by Gasteiger charge is 2.54. The van der Waals surface area contributed by atoms with Crippen LogP contribution in [0.3, 0.4) is 0 Å². The fourth-order valence-corrected chi connectivity index (χ4v) is 5.79. The molecule has 24 heavy (non-hydrogen) atoms. The molecule has 1 N–H and O–H groups in total. The molecule has 0 unspecified atom stereocenters. The van der Waals surface area contributed by atoms with Crippen LogP contribution >= 0.6 is 0 Å². The van der Waals surface area contributed by atoms with E-state index in [0.29, 0.717) is 23.5 Å². The Morgan fingerprint density at radius 3 is 2.17 bits per heavy atom. The summed E-state index contributed by atoms with van der Waals surface area (Å²) in [6.07, 6.45) is 6.66. The van der Waals surface area contributed by atoms with Gasteiger partial charge in [-0.25, -0.2) is 0 Å². The molecule has 1 amide bonds. The highest BCUT2D eigenvalue weighted by molar-refractivity contribution is 6.02. The van der Waals surface area contributed by atoms with E-state index < -0.39 is 0 Å². The number of nitrogens with one attached hydrogen (secondary N) is 1. The first-order chi connectivity index (χ1) is 11.4. The number of Topliss-reactive ketones (excluding diaryl/α,β-unsaturated/α-hetero) is 1. The van der Waals surface area contributed by atoms with Crippen molar-refractivity contribution < 1.29 is 14.0 Å². The summed E-state index contributed by atoms with van der Waals surface area (Å²) in [4.78, 5) is 24.8. The summed E-state index contributed by atoms with van der Waals surface area (Å²) in [5, 5.41) is 12.2. The Morgan fingerprint density at radius 1 is 1.17 bits per heavy atom. The summed E-state index contributed by atoms with van der Waals surface area (Å²) in [5.74, 6) is 2.29. The van der Waals surface area contributed by atoms with Gasteiger partial charge in [-0.3, -0.25) is 14.9 Å². The molecule has 4 aliphatic carbocycles. The zero-order valence-electron chi connectivity index (χ0n) is 14.1. The van der Waals surface area contributed by atoms with Crippen molar-refractivity contribution in [2.24, 2.45) is 23.2 Å².